The molecule has 2 rings (SSSR count). The third-order valence-electron chi connectivity index (χ3n) is 3.18. The highest BCUT2D eigenvalue weighted by Gasteiger charge is 2.13. The topological polar surface area (TPSA) is 67.8 Å². The van der Waals surface area contributed by atoms with E-state index in [0.717, 1.165) is 37.0 Å². The van der Waals surface area contributed by atoms with Crippen LogP contribution in [0.5, 0.6) is 0 Å². The molecule has 0 amide bonds. The van der Waals surface area contributed by atoms with Gasteiger partial charge in [-0.25, -0.2) is 4.83 Å². The zero-order chi connectivity index (χ0) is 14.4. The van der Waals surface area contributed by atoms with Gasteiger partial charge in [0.2, 0.25) is 0 Å². The first-order valence-electron chi connectivity index (χ1n) is 6.79. The number of rotatable bonds is 3. The summed E-state index contributed by atoms with van der Waals surface area (Å²) in [6.45, 7) is 3.02. The first-order chi connectivity index (χ1) is 9.58. The second kappa shape index (κ2) is 6.85. The highest BCUT2D eigenvalue weighted by atomic mass is 32.2. The average Bonchev–Trinajstić information content (AvgIpc) is 2.38. The highest BCUT2D eigenvalue weighted by molar-refractivity contribution is 7.89. The second-order valence-corrected chi connectivity index (χ2v) is 6.61. The van der Waals surface area contributed by atoms with E-state index in [1.54, 1.807) is 24.3 Å². The summed E-state index contributed by atoms with van der Waals surface area (Å²) in [6.07, 6.45) is 3.94. The van der Waals surface area contributed by atoms with Crippen molar-refractivity contribution in [2.75, 3.05) is 13.2 Å². The van der Waals surface area contributed by atoms with E-state index in [9.17, 15) is 8.42 Å². The smallest absolute Gasteiger partial charge is 0.276 e. The number of nitrogens with zero attached hydrogens (tertiary/aromatic N) is 1. The Kier molecular flexibility index (Phi) is 5.14. The van der Waals surface area contributed by atoms with Gasteiger partial charge >= 0.3 is 0 Å². The van der Waals surface area contributed by atoms with E-state index in [4.69, 9.17) is 4.74 Å². The van der Waals surface area contributed by atoms with Crippen LogP contribution in [0.15, 0.2) is 34.3 Å². The van der Waals surface area contributed by atoms with E-state index in [-0.39, 0.29) is 4.90 Å². The lowest BCUT2D eigenvalue weighted by atomic mass is 10.1. The standard InChI is InChI=1S/C14H20N2O3S/c1-12-6-8-14(9-7-12)20(17,18)16-15-13-5-3-2-4-10-19-11-13/h6-9,16H,2-5,10-11H2,1H3/b15-13+. The van der Waals surface area contributed by atoms with Crippen LogP contribution in [-0.2, 0) is 14.8 Å². The van der Waals surface area contributed by atoms with Crippen LogP contribution >= 0.6 is 0 Å². The molecule has 0 aliphatic carbocycles. The Morgan fingerprint density at radius 3 is 2.65 bits per heavy atom. The van der Waals surface area contributed by atoms with Gasteiger partial charge in [-0.3, -0.25) is 0 Å². The van der Waals surface area contributed by atoms with Crippen molar-refractivity contribution in [1.82, 2.24) is 4.83 Å². The normalized spacial score (nSPS) is 19.4. The maximum atomic E-state index is 12.1. The summed E-state index contributed by atoms with van der Waals surface area (Å²) in [5, 5.41) is 4.01. The Bertz CT molecular complexity index is 555. The zero-order valence-corrected chi connectivity index (χ0v) is 12.4. The van der Waals surface area contributed by atoms with Crippen LogP contribution in [0, 0.1) is 6.92 Å². The van der Waals surface area contributed by atoms with Crippen molar-refractivity contribution < 1.29 is 13.2 Å². The molecule has 20 heavy (non-hydrogen) atoms. The molecule has 1 aromatic rings. The summed E-state index contributed by atoms with van der Waals surface area (Å²) >= 11 is 0. The lowest BCUT2D eigenvalue weighted by Crippen LogP contribution is -2.23. The molecule has 1 fully saturated rings. The summed E-state index contributed by atoms with van der Waals surface area (Å²) in [5.74, 6) is 0. The Balaban J connectivity index is 2.05. The Hall–Kier alpha value is -1.40. The van der Waals surface area contributed by atoms with Gasteiger partial charge in [-0.05, 0) is 38.3 Å². The molecule has 6 heteroatoms. The van der Waals surface area contributed by atoms with Gasteiger partial charge in [0.15, 0.2) is 0 Å². The van der Waals surface area contributed by atoms with E-state index in [2.05, 4.69) is 9.93 Å². The number of hydrazone groups is 1. The number of hydrogen-bond acceptors (Lipinski definition) is 4. The fraction of sp³-hybridized carbons (Fsp3) is 0.500. The van der Waals surface area contributed by atoms with Gasteiger partial charge in [0.05, 0.1) is 17.2 Å². The monoisotopic (exact) mass is 296 g/mol. The lowest BCUT2D eigenvalue weighted by Gasteiger charge is -2.12. The molecule has 5 nitrogen and oxygen atoms in total. The summed E-state index contributed by atoms with van der Waals surface area (Å²) < 4.78 is 29.6. The van der Waals surface area contributed by atoms with Crippen LogP contribution in [0.2, 0.25) is 0 Å². The first kappa shape index (κ1) is 15.0. The number of benzene rings is 1. The highest BCUT2D eigenvalue weighted by Crippen LogP contribution is 2.11. The minimum Gasteiger partial charge on any atom is -0.375 e. The van der Waals surface area contributed by atoms with E-state index in [0.29, 0.717) is 13.2 Å². The minimum atomic E-state index is -3.59. The van der Waals surface area contributed by atoms with Gasteiger partial charge in [0.1, 0.15) is 0 Å². The number of ether oxygens (including phenoxy) is 1. The molecule has 0 unspecified atom stereocenters. The SMILES string of the molecule is Cc1ccc(S(=O)(=O)N/N=C2\CCCCCOC2)cc1. The average molecular weight is 296 g/mol. The Morgan fingerprint density at radius 2 is 1.90 bits per heavy atom. The van der Waals surface area contributed by atoms with Crippen molar-refractivity contribution in [1.29, 1.82) is 0 Å². The third kappa shape index (κ3) is 4.31. The van der Waals surface area contributed by atoms with Crippen molar-refractivity contribution in [2.24, 2.45) is 5.10 Å². The fourth-order valence-electron chi connectivity index (χ4n) is 1.96. The molecule has 1 aliphatic rings. The van der Waals surface area contributed by atoms with Crippen LogP contribution in [0.3, 0.4) is 0 Å². The largest absolute Gasteiger partial charge is 0.375 e. The van der Waals surface area contributed by atoms with E-state index < -0.39 is 10.0 Å². The molecule has 0 spiro atoms. The minimum absolute atomic E-state index is 0.221. The molecule has 0 bridgehead atoms. The zero-order valence-electron chi connectivity index (χ0n) is 11.6. The predicted molar refractivity (Wildman–Crippen MR) is 78.2 cm³/mol. The predicted octanol–water partition coefficient (Wildman–Crippen LogP) is 2.22. The summed E-state index contributed by atoms with van der Waals surface area (Å²) in [5.41, 5.74) is 1.77. The summed E-state index contributed by atoms with van der Waals surface area (Å²) in [4.78, 5) is 2.51. The number of hydrogen-bond donors (Lipinski definition) is 1. The van der Waals surface area contributed by atoms with Crippen LogP contribution in [0.1, 0.15) is 31.2 Å². The van der Waals surface area contributed by atoms with E-state index in [1.807, 2.05) is 6.92 Å². The van der Waals surface area contributed by atoms with Gasteiger partial charge in [-0.1, -0.05) is 24.1 Å². The molecule has 0 atom stereocenters. The maximum absolute atomic E-state index is 12.1. The molecule has 110 valence electrons. The van der Waals surface area contributed by atoms with Gasteiger partial charge in [-0.2, -0.15) is 13.5 Å². The Morgan fingerprint density at radius 1 is 1.15 bits per heavy atom. The molecular formula is C14H20N2O3S. The lowest BCUT2D eigenvalue weighted by molar-refractivity contribution is 0.160. The first-order valence-corrected chi connectivity index (χ1v) is 8.28. The molecule has 0 saturated carbocycles. The summed E-state index contributed by atoms with van der Waals surface area (Å²) in [6, 6.07) is 6.68. The third-order valence-corrected chi connectivity index (χ3v) is 4.40. The van der Waals surface area contributed by atoms with Crippen LogP contribution in [0.4, 0.5) is 0 Å². The van der Waals surface area contributed by atoms with Crippen molar-refractivity contribution in [3.05, 3.63) is 29.8 Å². The molecule has 1 aliphatic heterocycles. The van der Waals surface area contributed by atoms with E-state index >= 15 is 0 Å². The van der Waals surface area contributed by atoms with E-state index in [1.165, 1.54) is 0 Å². The number of sulfonamides is 1. The molecule has 1 aromatic carbocycles. The van der Waals surface area contributed by atoms with Gasteiger partial charge in [-0.15, -0.1) is 0 Å². The molecule has 1 saturated heterocycles. The number of nitrogens with one attached hydrogen (secondary N) is 1. The Labute approximate surface area is 120 Å². The van der Waals surface area contributed by atoms with Crippen molar-refractivity contribution in [3.8, 4) is 0 Å². The van der Waals surface area contributed by atoms with Crippen molar-refractivity contribution in [2.45, 2.75) is 37.5 Å². The van der Waals surface area contributed by atoms with Crippen LogP contribution < -0.4 is 4.83 Å². The maximum Gasteiger partial charge on any atom is 0.276 e. The molecule has 1 N–H and O–H groups in total. The van der Waals surface area contributed by atoms with Gasteiger partial charge in [0.25, 0.3) is 10.0 Å². The van der Waals surface area contributed by atoms with Crippen LogP contribution in [-0.4, -0.2) is 27.3 Å². The van der Waals surface area contributed by atoms with Crippen LogP contribution in [0.25, 0.3) is 0 Å². The molecule has 0 radical (unpaired) electrons. The summed E-state index contributed by atoms with van der Waals surface area (Å²) in [7, 11) is -3.59. The number of aryl methyl sites for hydroxylation is 1. The molecule has 1 heterocycles. The quantitative estimate of drug-likeness (QED) is 0.870. The van der Waals surface area contributed by atoms with Gasteiger partial charge in [0, 0.05) is 6.61 Å². The molecular weight excluding hydrogens is 276 g/mol. The fourth-order valence-corrected chi connectivity index (χ4v) is 2.80. The second-order valence-electron chi connectivity index (χ2n) is 4.95. The van der Waals surface area contributed by atoms with Crippen molar-refractivity contribution >= 4 is 15.7 Å². The van der Waals surface area contributed by atoms with Crippen molar-refractivity contribution in [3.63, 3.8) is 0 Å². The molecule has 0 aromatic heterocycles. The van der Waals surface area contributed by atoms with Gasteiger partial charge < -0.3 is 4.74 Å².